The second-order valence-electron chi connectivity index (χ2n) is 8.52. The summed E-state index contributed by atoms with van der Waals surface area (Å²) in [6.07, 6.45) is 3.31. The van der Waals surface area contributed by atoms with E-state index >= 15 is 0 Å². The van der Waals surface area contributed by atoms with Crippen molar-refractivity contribution in [3.05, 3.63) is 82.2 Å². The van der Waals surface area contributed by atoms with Crippen LogP contribution in [0.2, 0.25) is 5.28 Å². The number of rotatable bonds is 6. The quantitative estimate of drug-likeness (QED) is 0.309. The second kappa shape index (κ2) is 9.82. The van der Waals surface area contributed by atoms with Crippen molar-refractivity contribution in [1.29, 1.82) is 0 Å². The first-order chi connectivity index (χ1) is 16.5. The van der Waals surface area contributed by atoms with Crippen LogP contribution in [0.25, 0.3) is 0 Å². The summed E-state index contributed by atoms with van der Waals surface area (Å²) in [5, 5.41) is 13.9. The van der Waals surface area contributed by atoms with Crippen molar-refractivity contribution in [3.8, 4) is 0 Å². The number of hydrogen-bond acceptors (Lipinski definition) is 4. The van der Waals surface area contributed by atoms with Crippen LogP contribution in [0.5, 0.6) is 0 Å². The van der Waals surface area contributed by atoms with Crippen LogP contribution >= 0.6 is 11.6 Å². The van der Waals surface area contributed by atoms with Gasteiger partial charge in [0.15, 0.2) is 18.2 Å². The predicted octanol–water partition coefficient (Wildman–Crippen LogP) is 3.95. The van der Waals surface area contributed by atoms with E-state index in [1.165, 1.54) is 35.3 Å². The van der Waals surface area contributed by atoms with E-state index in [1.807, 2.05) is 0 Å². The summed E-state index contributed by atoms with van der Waals surface area (Å²) < 4.78 is 58.1. The number of carbonyl (C=O) groups is 1. The average Bonchev–Trinajstić information content (AvgIpc) is 3.11. The molecule has 3 aromatic rings. The van der Waals surface area contributed by atoms with E-state index < -0.39 is 41.8 Å². The summed E-state index contributed by atoms with van der Waals surface area (Å²) in [6, 6.07) is 5.03. The van der Waals surface area contributed by atoms with Gasteiger partial charge in [0.05, 0.1) is 18.5 Å². The zero-order valence-electron chi connectivity index (χ0n) is 18.6. The summed E-state index contributed by atoms with van der Waals surface area (Å²) >= 11 is 6.11. The van der Waals surface area contributed by atoms with Gasteiger partial charge in [-0.25, -0.2) is 22.5 Å². The minimum absolute atomic E-state index is 0.00464. The Morgan fingerprint density at radius 3 is 2.60 bits per heavy atom. The SMILES string of the molecule is C[C@H](C(=O)Nc1cn(Cc2cc(F)cc(F)c2)c(Cl)n1)N1CCC(F)(F)[C@@H](c2cc[n+]([O-])cc2)C1. The lowest BCUT2D eigenvalue weighted by Crippen LogP contribution is -2.52. The molecule has 1 saturated heterocycles. The van der Waals surface area contributed by atoms with Gasteiger partial charge in [-0.15, -0.1) is 0 Å². The number of nitrogens with zero attached hydrogens (tertiary/aromatic N) is 4. The van der Waals surface area contributed by atoms with E-state index in [-0.39, 0.29) is 30.7 Å². The molecule has 4 rings (SSSR count). The highest BCUT2D eigenvalue weighted by Gasteiger charge is 2.46. The minimum atomic E-state index is -2.98. The molecule has 186 valence electrons. The van der Waals surface area contributed by atoms with E-state index in [9.17, 15) is 27.6 Å². The number of halogens is 5. The van der Waals surface area contributed by atoms with Crippen LogP contribution in [0.4, 0.5) is 23.4 Å². The molecule has 1 aliphatic heterocycles. The van der Waals surface area contributed by atoms with Crippen molar-refractivity contribution >= 4 is 23.3 Å². The number of nitrogens with one attached hydrogen (secondary N) is 1. The molecular formula is C23H22ClF4N5O2. The smallest absolute Gasteiger partial charge is 0.257 e. The molecule has 2 aromatic heterocycles. The fourth-order valence-electron chi connectivity index (χ4n) is 4.14. The zero-order valence-corrected chi connectivity index (χ0v) is 19.4. The second-order valence-corrected chi connectivity index (χ2v) is 8.85. The van der Waals surface area contributed by atoms with E-state index in [0.29, 0.717) is 15.9 Å². The molecule has 35 heavy (non-hydrogen) atoms. The third-order valence-corrected chi connectivity index (χ3v) is 6.37. The number of alkyl halides is 2. The highest BCUT2D eigenvalue weighted by molar-refractivity contribution is 6.28. The maximum Gasteiger partial charge on any atom is 0.257 e. The van der Waals surface area contributed by atoms with Crippen LogP contribution in [0.1, 0.15) is 30.4 Å². The summed E-state index contributed by atoms with van der Waals surface area (Å²) in [4.78, 5) is 18.5. The molecule has 0 unspecified atom stereocenters. The number of pyridine rings is 1. The topological polar surface area (TPSA) is 77.1 Å². The number of piperidine rings is 1. The summed E-state index contributed by atoms with van der Waals surface area (Å²) in [5.41, 5.74) is 0.635. The fourth-order valence-corrected chi connectivity index (χ4v) is 4.34. The van der Waals surface area contributed by atoms with Gasteiger partial charge in [0.25, 0.3) is 5.92 Å². The Hall–Kier alpha value is -3.18. The van der Waals surface area contributed by atoms with E-state index in [4.69, 9.17) is 11.6 Å². The molecule has 0 saturated carbocycles. The third-order valence-electron chi connectivity index (χ3n) is 6.07. The first kappa shape index (κ1) is 24.9. The van der Waals surface area contributed by atoms with Crippen molar-refractivity contribution in [1.82, 2.24) is 14.5 Å². The zero-order chi connectivity index (χ0) is 25.3. The average molecular weight is 512 g/mol. The number of benzene rings is 1. The first-order valence-electron chi connectivity index (χ1n) is 10.8. The maximum absolute atomic E-state index is 14.6. The molecule has 0 bridgehead atoms. The van der Waals surface area contributed by atoms with Crippen LogP contribution in [0.15, 0.2) is 48.9 Å². The van der Waals surface area contributed by atoms with Gasteiger partial charge in [0.1, 0.15) is 11.6 Å². The Balaban J connectivity index is 1.43. The van der Waals surface area contributed by atoms with Crippen molar-refractivity contribution in [2.24, 2.45) is 0 Å². The number of hydrogen-bond donors (Lipinski definition) is 1. The van der Waals surface area contributed by atoms with Gasteiger partial charge in [-0.2, -0.15) is 4.73 Å². The van der Waals surface area contributed by atoms with Crippen molar-refractivity contribution in [3.63, 3.8) is 0 Å². The molecular weight excluding hydrogens is 490 g/mol. The largest absolute Gasteiger partial charge is 0.619 e. The van der Waals surface area contributed by atoms with Gasteiger partial charge in [0, 0.05) is 43.9 Å². The molecule has 1 aromatic carbocycles. The van der Waals surface area contributed by atoms with Crippen molar-refractivity contribution in [2.75, 3.05) is 18.4 Å². The molecule has 0 aliphatic carbocycles. The van der Waals surface area contributed by atoms with Gasteiger partial charge < -0.3 is 15.1 Å². The maximum atomic E-state index is 14.6. The molecule has 7 nitrogen and oxygen atoms in total. The van der Waals surface area contributed by atoms with Crippen LogP contribution in [-0.2, 0) is 11.3 Å². The highest BCUT2D eigenvalue weighted by atomic mass is 35.5. The number of aromatic nitrogens is 3. The Morgan fingerprint density at radius 1 is 1.29 bits per heavy atom. The molecule has 1 aliphatic rings. The Labute approximate surface area is 203 Å². The van der Waals surface area contributed by atoms with Crippen LogP contribution in [0, 0.1) is 16.8 Å². The van der Waals surface area contributed by atoms with E-state index in [0.717, 1.165) is 18.2 Å². The minimum Gasteiger partial charge on any atom is -0.619 e. The van der Waals surface area contributed by atoms with Crippen molar-refractivity contribution in [2.45, 2.75) is 37.8 Å². The molecule has 3 heterocycles. The van der Waals surface area contributed by atoms with Gasteiger partial charge >= 0.3 is 0 Å². The lowest BCUT2D eigenvalue weighted by molar-refractivity contribution is -0.605. The lowest BCUT2D eigenvalue weighted by Gasteiger charge is -2.40. The van der Waals surface area contributed by atoms with Crippen LogP contribution < -0.4 is 10.0 Å². The molecule has 1 N–H and O–H groups in total. The van der Waals surface area contributed by atoms with Crippen LogP contribution in [0.3, 0.4) is 0 Å². The van der Waals surface area contributed by atoms with Crippen molar-refractivity contribution < 1.29 is 27.1 Å². The Kier molecular flexibility index (Phi) is 7.00. The number of anilines is 1. The monoisotopic (exact) mass is 511 g/mol. The third kappa shape index (κ3) is 5.73. The first-order valence-corrected chi connectivity index (χ1v) is 11.2. The van der Waals surface area contributed by atoms with Gasteiger partial charge in [0.2, 0.25) is 11.2 Å². The molecule has 0 radical (unpaired) electrons. The molecule has 1 fully saturated rings. The summed E-state index contributed by atoms with van der Waals surface area (Å²) in [6.45, 7) is 1.55. The Bertz CT molecular complexity index is 1200. The van der Waals surface area contributed by atoms with Gasteiger partial charge in [-0.3, -0.25) is 9.69 Å². The van der Waals surface area contributed by atoms with Gasteiger partial charge in [-0.05, 0) is 41.8 Å². The molecule has 2 atom stereocenters. The van der Waals surface area contributed by atoms with Crippen LogP contribution in [-0.4, -0.2) is 45.4 Å². The van der Waals surface area contributed by atoms with E-state index in [2.05, 4.69) is 10.3 Å². The standard InChI is InChI=1S/C23H22ClF4N5O2/c1-14(31-7-4-23(27,28)19(12-31)16-2-5-33(35)6-3-16)21(34)29-20-13-32(22(24)30-20)11-15-8-17(25)10-18(26)9-15/h2-3,5-6,8-10,13-14,19H,4,7,11-12H2,1H3,(H,29,34)/t14-,19-/m1/s1. The molecule has 1 amide bonds. The number of likely N-dealkylation sites (tertiary alicyclic amines) is 1. The fraction of sp³-hybridized carbons (Fsp3) is 0.348. The molecule has 0 spiro atoms. The lowest BCUT2D eigenvalue weighted by atomic mass is 9.87. The normalized spacial score (nSPS) is 18.9. The predicted molar refractivity (Wildman–Crippen MR) is 120 cm³/mol. The number of carbonyl (C=O) groups excluding carboxylic acids is 1. The number of amides is 1. The summed E-state index contributed by atoms with van der Waals surface area (Å²) in [5.74, 6) is -5.97. The highest BCUT2D eigenvalue weighted by Crippen LogP contribution is 2.40. The Morgan fingerprint density at radius 2 is 1.94 bits per heavy atom. The van der Waals surface area contributed by atoms with Gasteiger partial charge in [-0.1, -0.05) is 0 Å². The number of imidazole rings is 1. The molecule has 12 heteroatoms. The van der Waals surface area contributed by atoms with E-state index in [1.54, 1.807) is 11.8 Å². The summed E-state index contributed by atoms with van der Waals surface area (Å²) in [7, 11) is 0.